The van der Waals surface area contributed by atoms with Gasteiger partial charge in [-0.1, -0.05) is 12.8 Å². The van der Waals surface area contributed by atoms with E-state index >= 15 is 0 Å². The Morgan fingerprint density at radius 1 is 1.16 bits per heavy atom. The van der Waals surface area contributed by atoms with Crippen LogP contribution in [0.1, 0.15) is 37.4 Å². The molecule has 1 saturated carbocycles. The monoisotopic (exact) mass is 258 g/mol. The number of aromatic nitrogens is 2. The maximum absolute atomic E-state index is 9.20. The fourth-order valence-corrected chi connectivity index (χ4v) is 2.53. The van der Waals surface area contributed by atoms with Crippen LogP contribution in [0.3, 0.4) is 0 Å². The third-order valence-electron chi connectivity index (χ3n) is 3.59. The lowest BCUT2D eigenvalue weighted by molar-refractivity contribution is 0.297. The number of hydrogen-bond acceptors (Lipinski definition) is 3. The van der Waals surface area contributed by atoms with Gasteiger partial charge in [-0.3, -0.25) is 4.68 Å². The van der Waals surface area contributed by atoms with Gasteiger partial charge in [0.15, 0.2) is 0 Å². The number of ether oxygens (including phenoxy) is 1. The van der Waals surface area contributed by atoms with Crippen molar-refractivity contribution in [3.8, 4) is 11.5 Å². The number of phenols is 1. The molecule has 2 aromatic rings. The van der Waals surface area contributed by atoms with Crippen LogP contribution in [0.15, 0.2) is 36.5 Å². The first-order chi connectivity index (χ1) is 9.31. The summed E-state index contributed by atoms with van der Waals surface area (Å²) in [5.41, 5.74) is 0.944. The van der Waals surface area contributed by atoms with Crippen molar-refractivity contribution in [1.29, 1.82) is 0 Å². The molecule has 0 atom stereocenters. The fourth-order valence-electron chi connectivity index (χ4n) is 2.53. The second-order valence-electron chi connectivity index (χ2n) is 5.01. The topological polar surface area (TPSA) is 47.3 Å². The van der Waals surface area contributed by atoms with E-state index in [9.17, 15) is 5.11 Å². The van der Waals surface area contributed by atoms with Gasteiger partial charge in [-0.25, -0.2) is 0 Å². The summed E-state index contributed by atoms with van der Waals surface area (Å²) in [5.74, 6) is 0.992. The lowest BCUT2D eigenvalue weighted by Gasteiger charge is -2.09. The van der Waals surface area contributed by atoms with Gasteiger partial charge in [-0.15, -0.1) is 0 Å². The Kier molecular flexibility index (Phi) is 3.40. The van der Waals surface area contributed by atoms with E-state index in [2.05, 4.69) is 9.78 Å². The molecule has 0 unspecified atom stereocenters. The van der Waals surface area contributed by atoms with Gasteiger partial charge >= 0.3 is 0 Å². The Labute approximate surface area is 112 Å². The zero-order chi connectivity index (χ0) is 13.1. The first-order valence-electron chi connectivity index (χ1n) is 6.77. The lowest BCUT2D eigenvalue weighted by Crippen LogP contribution is -2.06. The zero-order valence-electron chi connectivity index (χ0n) is 10.8. The molecule has 4 nitrogen and oxygen atoms in total. The van der Waals surface area contributed by atoms with Crippen molar-refractivity contribution in [2.75, 3.05) is 0 Å². The Morgan fingerprint density at radius 3 is 2.63 bits per heavy atom. The van der Waals surface area contributed by atoms with E-state index in [1.807, 2.05) is 12.3 Å². The predicted molar refractivity (Wildman–Crippen MR) is 72.2 cm³/mol. The smallest absolute Gasteiger partial charge is 0.132 e. The molecule has 0 spiro atoms. The van der Waals surface area contributed by atoms with Crippen LogP contribution in [-0.4, -0.2) is 14.9 Å². The van der Waals surface area contributed by atoms with Crippen molar-refractivity contribution in [3.05, 3.63) is 42.2 Å². The van der Waals surface area contributed by atoms with E-state index in [1.165, 1.54) is 25.7 Å². The minimum absolute atomic E-state index is 0.248. The van der Waals surface area contributed by atoms with Gasteiger partial charge < -0.3 is 9.84 Å². The molecule has 0 saturated heterocycles. The summed E-state index contributed by atoms with van der Waals surface area (Å²) in [6, 6.07) is 9.33. The molecular formula is C15H18N2O2. The SMILES string of the molecule is Oc1ccc(OCc2ccn(C3CCCC3)n2)cc1. The van der Waals surface area contributed by atoms with Crippen molar-refractivity contribution >= 4 is 0 Å². The van der Waals surface area contributed by atoms with Crippen LogP contribution in [-0.2, 0) is 6.61 Å². The van der Waals surface area contributed by atoms with Crippen molar-refractivity contribution in [3.63, 3.8) is 0 Å². The lowest BCUT2D eigenvalue weighted by atomic mass is 10.3. The van der Waals surface area contributed by atoms with E-state index in [1.54, 1.807) is 24.3 Å². The molecule has 1 aliphatic rings. The summed E-state index contributed by atoms with van der Waals surface area (Å²) < 4.78 is 7.71. The molecule has 1 N–H and O–H groups in total. The molecule has 0 bridgehead atoms. The fraction of sp³-hybridized carbons (Fsp3) is 0.400. The van der Waals surface area contributed by atoms with Gasteiger partial charge in [-0.2, -0.15) is 5.10 Å². The van der Waals surface area contributed by atoms with Crippen LogP contribution in [0.25, 0.3) is 0 Å². The number of nitrogens with zero attached hydrogens (tertiary/aromatic N) is 2. The molecular weight excluding hydrogens is 240 g/mol. The predicted octanol–water partition coefficient (Wildman–Crippen LogP) is 3.28. The van der Waals surface area contributed by atoms with E-state index in [0.717, 1.165) is 11.4 Å². The molecule has 1 fully saturated rings. The van der Waals surface area contributed by atoms with Crippen molar-refractivity contribution in [2.24, 2.45) is 0 Å². The number of aromatic hydroxyl groups is 1. The molecule has 19 heavy (non-hydrogen) atoms. The van der Waals surface area contributed by atoms with Gasteiger partial charge in [-0.05, 0) is 43.2 Å². The molecule has 1 heterocycles. The van der Waals surface area contributed by atoms with E-state index in [4.69, 9.17) is 4.74 Å². The van der Waals surface area contributed by atoms with Crippen LogP contribution in [0.2, 0.25) is 0 Å². The quantitative estimate of drug-likeness (QED) is 0.915. The summed E-state index contributed by atoms with van der Waals surface area (Å²) in [6.45, 7) is 0.463. The number of benzene rings is 1. The van der Waals surface area contributed by atoms with Crippen LogP contribution >= 0.6 is 0 Å². The van der Waals surface area contributed by atoms with Gasteiger partial charge in [0, 0.05) is 6.20 Å². The Hall–Kier alpha value is -1.97. The second kappa shape index (κ2) is 5.34. The molecule has 1 aliphatic carbocycles. The molecule has 4 heteroatoms. The van der Waals surface area contributed by atoms with Gasteiger partial charge in [0.1, 0.15) is 18.1 Å². The maximum atomic E-state index is 9.20. The number of rotatable bonds is 4. The Balaban J connectivity index is 1.59. The zero-order valence-corrected chi connectivity index (χ0v) is 10.8. The average Bonchev–Trinajstić information content (AvgIpc) is 3.09. The molecule has 0 amide bonds. The highest BCUT2D eigenvalue weighted by atomic mass is 16.5. The van der Waals surface area contributed by atoms with Crippen molar-refractivity contribution in [1.82, 2.24) is 9.78 Å². The molecule has 1 aromatic heterocycles. The highest BCUT2D eigenvalue weighted by Gasteiger charge is 2.17. The van der Waals surface area contributed by atoms with Crippen LogP contribution in [0, 0.1) is 0 Å². The summed E-state index contributed by atoms with van der Waals surface area (Å²) in [4.78, 5) is 0. The third kappa shape index (κ3) is 2.89. The number of hydrogen-bond donors (Lipinski definition) is 1. The Morgan fingerprint density at radius 2 is 1.89 bits per heavy atom. The van der Waals surface area contributed by atoms with Crippen LogP contribution < -0.4 is 4.74 Å². The largest absolute Gasteiger partial charge is 0.508 e. The average molecular weight is 258 g/mol. The van der Waals surface area contributed by atoms with Crippen LogP contribution in [0.5, 0.6) is 11.5 Å². The normalized spacial score (nSPS) is 15.8. The van der Waals surface area contributed by atoms with Gasteiger partial charge in [0.25, 0.3) is 0 Å². The standard InChI is InChI=1S/C15H18N2O2/c18-14-5-7-15(8-6-14)19-11-12-9-10-17(16-12)13-3-1-2-4-13/h5-10,13,18H,1-4,11H2. The molecule has 0 aliphatic heterocycles. The minimum Gasteiger partial charge on any atom is -0.508 e. The molecule has 3 rings (SSSR count). The minimum atomic E-state index is 0.248. The van der Waals surface area contributed by atoms with E-state index in [0.29, 0.717) is 12.6 Å². The molecule has 100 valence electrons. The molecule has 1 aromatic carbocycles. The first-order valence-corrected chi connectivity index (χ1v) is 6.77. The summed E-state index contributed by atoms with van der Waals surface area (Å²) in [5, 5.41) is 13.8. The second-order valence-corrected chi connectivity index (χ2v) is 5.01. The first kappa shape index (κ1) is 12.1. The summed E-state index contributed by atoms with van der Waals surface area (Å²) in [6.07, 6.45) is 7.14. The highest BCUT2D eigenvalue weighted by Crippen LogP contribution is 2.28. The highest BCUT2D eigenvalue weighted by molar-refractivity contribution is 5.30. The Bertz CT molecular complexity index is 527. The third-order valence-corrected chi connectivity index (χ3v) is 3.59. The summed E-state index contributed by atoms with van der Waals surface area (Å²) in [7, 11) is 0. The molecule has 0 radical (unpaired) electrons. The van der Waals surface area contributed by atoms with E-state index < -0.39 is 0 Å². The van der Waals surface area contributed by atoms with E-state index in [-0.39, 0.29) is 5.75 Å². The van der Waals surface area contributed by atoms with Crippen LogP contribution in [0.4, 0.5) is 0 Å². The van der Waals surface area contributed by atoms with Gasteiger partial charge in [0.2, 0.25) is 0 Å². The maximum Gasteiger partial charge on any atom is 0.132 e. The van der Waals surface area contributed by atoms with Crippen molar-refractivity contribution in [2.45, 2.75) is 38.3 Å². The van der Waals surface area contributed by atoms with Crippen molar-refractivity contribution < 1.29 is 9.84 Å². The summed E-state index contributed by atoms with van der Waals surface area (Å²) >= 11 is 0. The van der Waals surface area contributed by atoms with Gasteiger partial charge in [0.05, 0.1) is 11.7 Å². The number of phenolic OH excluding ortho intramolecular Hbond substituents is 1.